The average molecular weight is 648 g/mol. The molecule has 2 aromatic rings. The second kappa shape index (κ2) is 17.0. The number of nitrogens with one attached hydrogen (secondary N) is 1. The number of halogens is 2. The molecule has 2 aliphatic rings. The van der Waals surface area contributed by atoms with Crippen molar-refractivity contribution in [1.29, 1.82) is 0 Å². The Morgan fingerprint density at radius 2 is 1.56 bits per heavy atom. The van der Waals surface area contributed by atoms with Crippen molar-refractivity contribution in [1.82, 2.24) is 9.80 Å². The van der Waals surface area contributed by atoms with Crippen LogP contribution in [0.5, 0.6) is 5.75 Å². The molecule has 2 atom stereocenters. The lowest BCUT2D eigenvalue weighted by Gasteiger charge is -2.33. The first-order chi connectivity index (χ1) is 19.8. The number of carboxylic acids is 4. The highest BCUT2D eigenvalue weighted by molar-refractivity contribution is 6.35. The third-order valence-corrected chi connectivity index (χ3v) is 6.04. The summed E-state index contributed by atoms with van der Waals surface area (Å²) in [7, 11) is 3.90. The average Bonchev–Trinajstić information content (AvgIpc) is 3.54. The first-order valence-corrected chi connectivity index (χ1v) is 12.7. The molecule has 0 aliphatic carbocycles. The van der Waals surface area contributed by atoms with Crippen LogP contribution in [0.25, 0.3) is 0 Å². The molecule has 15 nitrogen and oxygen atoms in total. The number of aliphatic carboxylic acids is 4. The molecule has 0 amide bonds. The molecule has 7 N–H and O–H groups in total. The predicted molar refractivity (Wildman–Crippen MR) is 153 cm³/mol. The second-order valence-corrected chi connectivity index (χ2v) is 9.52. The van der Waals surface area contributed by atoms with Gasteiger partial charge in [0.25, 0.3) is 0 Å². The minimum atomic E-state index is -1.82. The van der Waals surface area contributed by atoms with Crippen LogP contribution in [-0.4, -0.2) is 106 Å². The van der Waals surface area contributed by atoms with Crippen LogP contribution in [0.3, 0.4) is 0 Å². The lowest BCUT2D eigenvalue weighted by molar-refractivity contribution is -0.188. The fraction of sp³-hybridized carbons (Fsp3) is 0.308. The summed E-state index contributed by atoms with van der Waals surface area (Å²) in [4.78, 5) is 40.6. The van der Waals surface area contributed by atoms with Gasteiger partial charge < -0.3 is 55.2 Å². The molecule has 236 valence electrons. The van der Waals surface area contributed by atoms with E-state index in [0.29, 0.717) is 29.8 Å². The molecule has 0 aromatic heterocycles. The molecule has 43 heavy (non-hydrogen) atoms. The summed E-state index contributed by atoms with van der Waals surface area (Å²) in [5.41, 5.74) is 1.79. The maximum absolute atomic E-state index is 9.10. The van der Waals surface area contributed by atoms with Gasteiger partial charge in [0.15, 0.2) is 0 Å². The van der Waals surface area contributed by atoms with Gasteiger partial charge in [-0.3, -0.25) is 0 Å². The molecule has 0 unspecified atom stereocenters. The van der Waals surface area contributed by atoms with Crippen LogP contribution < -0.4 is 10.1 Å². The molecule has 1 fully saturated rings. The zero-order valence-corrected chi connectivity index (χ0v) is 24.4. The number of carbonyl (C=O) groups is 4. The van der Waals surface area contributed by atoms with E-state index >= 15 is 0 Å². The van der Waals surface area contributed by atoms with Crippen molar-refractivity contribution >= 4 is 52.8 Å². The molecule has 0 spiro atoms. The number of hydrogen-bond donors (Lipinski definition) is 5. The molecule has 0 radical (unpaired) electrons. The van der Waals surface area contributed by atoms with Crippen LogP contribution >= 0.6 is 23.2 Å². The Kier molecular flexibility index (Phi) is 14.5. The van der Waals surface area contributed by atoms with Gasteiger partial charge in [0.2, 0.25) is 5.79 Å². The van der Waals surface area contributed by atoms with E-state index in [1.807, 2.05) is 56.8 Å². The summed E-state index contributed by atoms with van der Waals surface area (Å²) in [5, 5.41) is 33.7. The summed E-state index contributed by atoms with van der Waals surface area (Å²) < 4.78 is 18.6. The van der Waals surface area contributed by atoms with Gasteiger partial charge in [0, 0.05) is 42.8 Å². The molecular formula is C26H31Cl2N3O12. The van der Waals surface area contributed by atoms with E-state index in [4.69, 9.17) is 77.0 Å². The fourth-order valence-corrected chi connectivity index (χ4v) is 4.17. The molecule has 1 saturated heterocycles. The molecular weight excluding hydrogens is 617 g/mol. The van der Waals surface area contributed by atoms with Crippen LogP contribution in [-0.2, 0) is 34.4 Å². The van der Waals surface area contributed by atoms with Gasteiger partial charge in [0.1, 0.15) is 18.5 Å². The summed E-state index contributed by atoms with van der Waals surface area (Å²) in [6.45, 7) is 2.03. The van der Waals surface area contributed by atoms with Crippen LogP contribution in [0.2, 0.25) is 10.0 Å². The Hall–Kier alpha value is -4.28. The summed E-state index contributed by atoms with van der Waals surface area (Å²) in [6, 6.07) is 13.2. The minimum absolute atomic E-state index is 0. The van der Waals surface area contributed by atoms with Crippen LogP contribution in [0.1, 0.15) is 5.56 Å². The topological polar surface area (TPSA) is 227 Å². The summed E-state index contributed by atoms with van der Waals surface area (Å²) >= 11 is 12.6. The first kappa shape index (κ1) is 36.7. The van der Waals surface area contributed by atoms with Crippen molar-refractivity contribution in [3.8, 4) is 5.75 Å². The van der Waals surface area contributed by atoms with Crippen LogP contribution in [0.15, 0.2) is 54.9 Å². The van der Waals surface area contributed by atoms with Crippen molar-refractivity contribution < 1.29 is 59.3 Å². The highest BCUT2D eigenvalue weighted by Crippen LogP contribution is 2.40. The van der Waals surface area contributed by atoms with Crippen molar-refractivity contribution in [2.75, 3.05) is 45.8 Å². The smallest absolute Gasteiger partial charge is 0.414 e. The Balaban J connectivity index is 0.000000604. The zero-order valence-electron chi connectivity index (χ0n) is 22.9. The van der Waals surface area contributed by atoms with E-state index in [9.17, 15) is 0 Å². The molecule has 0 saturated carbocycles. The second-order valence-electron chi connectivity index (χ2n) is 8.68. The number of hydrogen-bond acceptors (Lipinski definition) is 10. The molecule has 2 heterocycles. The highest BCUT2D eigenvalue weighted by atomic mass is 35.5. The Bertz CT molecular complexity index is 1250. The third kappa shape index (κ3) is 11.5. The monoisotopic (exact) mass is 647 g/mol. The predicted octanol–water partition coefficient (Wildman–Crippen LogP) is 1.84. The van der Waals surface area contributed by atoms with Gasteiger partial charge in [-0.05, 0) is 36.4 Å². The van der Waals surface area contributed by atoms with E-state index in [0.717, 1.165) is 23.7 Å². The number of rotatable bonds is 7. The van der Waals surface area contributed by atoms with Gasteiger partial charge in [-0.15, -0.1) is 0 Å². The summed E-state index contributed by atoms with van der Waals surface area (Å²) in [6.07, 6.45) is 3.80. The zero-order chi connectivity index (χ0) is 31.4. The molecule has 0 bridgehead atoms. The standard InChI is InChI=1S/C22H25Cl2N3O3.2C2H2O4.H2O/c1-25-17-4-6-18(7-5-17)28-12-19-13-29-22(30-19,14-27-10-9-26(2)15-27)20-8-3-16(23)11-21(20)24;2*3-1(4)2(5)6;/h3-11,19,25H,12-15H2,1-2H3;2*(H,3,4)(H,5,6);1H2/t19-,22-;;;/m1.../s1. The van der Waals surface area contributed by atoms with Gasteiger partial charge in [0.05, 0.1) is 24.8 Å². The first-order valence-electron chi connectivity index (χ1n) is 12.0. The van der Waals surface area contributed by atoms with Gasteiger partial charge in [-0.2, -0.15) is 0 Å². The van der Waals surface area contributed by atoms with Gasteiger partial charge in [-0.25, -0.2) is 19.2 Å². The number of carboxylic acid groups (broad SMARTS) is 4. The van der Waals surface area contributed by atoms with Crippen molar-refractivity contribution in [3.05, 3.63) is 70.5 Å². The summed E-state index contributed by atoms with van der Waals surface area (Å²) in [5.74, 6) is -7.51. The van der Waals surface area contributed by atoms with Crippen molar-refractivity contribution in [3.63, 3.8) is 0 Å². The molecule has 2 aliphatic heterocycles. The SMILES string of the molecule is CNc1ccc(OC[C@@H]2CO[C@@](CN3C=CN(C)C3)(c3ccc(Cl)cc3Cl)O2)cc1.O.O=C(O)C(=O)O.O=C(O)C(=O)O. The van der Waals surface area contributed by atoms with Crippen molar-refractivity contribution in [2.45, 2.75) is 11.9 Å². The number of ether oxygens (including phenoxy) is 3. The van der Waals surface area contributed by atoms with E-state index in [1.54, 1.807) is 12.1 Å². The lowest BCUT2D eigenvalue weighted by Crippen LogP contribution is -2.41. The number of anilines is 1. The fourth-order valence-electron chi connectivity index (χ4n) is 3.62. The maximum atomic E-state index is 9.10. The van der Waals surface area contributed by atoms with Crippen LogP contribution in [0, 0.1) is 0 Å². The minimum Gasteiger partial charge on any atom is -0.491 e. The van der Waals surface area contributed by atoms with Gasteiger partial charge >= 0.3 is 23.9 Å². The van der Waals surface area contributed by atoms with Gasteiger partial charge in [-0.1, -0.05) is 29.3 Å². The maximum Gasteiger partial charge on any atom is 0.414 e. The Morgan fingerprint density at radius 1 is 0.977 bits per heavy atom. The Labute approximate surface area is 255 Å². The van der Waals surface area contributed by atoms with E-state index in [-0.39, 0.29) is 11.6 Å². The van der Waals surface area contributed by atoms with Crippen molar-refractivity contribution in [2.24, 2.45) is 0 Å². The molecule has 17 heteroatoms. The highest BCUT2D eigenvalue weighted by Gasteiger charge is 2.46. The third-order valence-electron chi connectivity index (χ3n) is 5.49. The van der Waals surface area contributed by atoms with E-state index in [1.165, 1.54) is 0 Å². The molecule has 4 rings (SSSR count). The largest absolute Gasteiger partial charge is 0.491 e. The van der Waals surface area contributed by atoms with Crippen LogP contribution in [0.4, 0.5) is 5.69 Å². The Morgan fingerprint density at radius 3 is 2.02 bits per heavy atom. The normalized spacial score (nSPS) is 18.3. The van der Waals surface area contributed by atoms with E-state index < -0.39 is 29.7 Å². The molecule has 2 aromatic carbocycles. The number of nitrogens with zero attached hydrogens (tertiary/aromatic N) is 2. The van der Waals surface area contributed by atoms with E-state index in [2.05, 4.69) is 15.1 Å². The quantitative estimate of drug-likeness (QED) is 0.270. The lowest BCUT2D eigenvalue weighted by atomic mass is 10.1. The number of benzene rings is 2.